The summed E-state index contributed by atoms with van der Waals surface area (Å²) in [6.07, 6.45) is 5.78. The summed E-state index contributed by atoms with van der Waals surface area (Å²) in [6.45, 7) is 18.3. The van der Waals surface area contributed by atoms with Crippen molar-refractivity contribution >= 4 is 29.6 Å². The Hall–Kier alpha value is -4.70. The Bertz CT molecular complexity index is 1630. The lowest BCUT2D eigenvalue weighted by atomic mass is 9.76. The molecular formula is C39H59FN8O7. The van der Waals surface area contributed by atoms with Gasteiger partial charge in [-0.3, -0.25) is 14.5 Å². The molecule has 0 radical (unpaired) electrons. The van der Waals surface area contributed by atoms with Gasteiger partial charge in [0.2, 0.25) is 5.91 Å². The first kappa shape index (κ1) is 44.7. The molecule has 0 bridgehead atoms. The quantitative estimate of drug-likeness (QED) is 0.218. The molecule has 1 unspecified atom stereocenters. The van der Waals surface area contributed by atoms with Crippen molar-refractivity contribution in [2.24, 2.45) is 17.3 Å². The molecule has 55 heavy (non-hydrogen) atoms. The Morgan fingerprint density at radius 3 is 2.24 bits per heavy atom. The van der Waals surface area contributed by atoms with Gasteiger partial charge in [0.25, 0.3) is 11.8 Å². The molecular weight excluding hydrogens is 711 g/mol. The Labute approximate surface area is 324 Å². The Kier molecular flexibility index (Phi) is 16.5. The highest BCUT2D eigenvalue weighted by atomic mass is 19.1. The van der Waals surface area contributed by atoms with E-state index in [1.54, 1.807) is 9.80 Å². The zero-order valence-electron chi connectivity index (χ0n) is 33.7. The average molecular weight is 771 g/mol. The van der Waals surface area contributed by atoms with Gasteiger partial charge in [-0.2, -0.15) is 0 Å². The number of anilines is 1. The van der Waals surface area contributed by atoms with E-state index in [-0.39, 0.29) is 46.4 Å². The lowest BCUT2D eigenvalue weighted by molar-refractivity contribution is -0.134. The van der Waals surface area contributed by atoms with Crippen molar-refractivity contribution < 1.29 is 38.5 Å². The number of carboxylic acids is 2. The third kappa shape index (κ3) is 12.7. The number of carboxylic acid groups (broad SMARTS) is 2. The van der Waals surface area contributed by atoms with Crippen molar-refractivity contribution in [1.82, 2.24) is 34.8 Å². The highest BCUT2D eigenvalue weighted by Crippen LogP contribution is 2.44. The van der Waals surface area contributed by atoms with Crippen LogP contribution in [0.1, 0.15) is 71.2 Å². The van der Waals surface area contributed by atoms with Crippen LogP contribution < -0.4 is 9.64 Å². The van der Waals surface area contributed by atoms with E-state index < -0.39 is 17.8 Å². The Morgan fingerprint density at radius 2 is 1.67 bits per heavy atom. The molecule has 2 aromatic rings. The van der Waals surface area contributed by atoms with Gasteiger partial charge < -0.3 is 34.5 Å². The number of ether oxygens (including phenoxy) is 1. The second-order valence-electron chi connectivity index (χ2n) is 15.5. The number of rotatable bonds is 17. The van der Waals surface area contributed by atoms with Crippen molar-refractivity contribution in [1.29, 1.82) is 0 Å². The topological polar surface area (TPSA) is 173 Å². The number of hydrogen-bond donors (Lipinski definition) is 2. The molecule has 1 spiro atoms. The second-order valence-corrected chi connectivity index (χ2v) is 15.5. The van der Waals surface area contributed by atoms with Gasteiger partial charge in [-0.05, 0) is 77.7 Å². The van der Waals surface area contributed by atoms with Gasteiger partial charge in [-0.25, -0.2) is 19.0 Å². The van der Waals surface area contributed by atoms with Crippen molar-refractivity contribution in [3.8, 4) is 11.6 Å². The summed E-state index contributed by atoms with van der Waals surface area (Å²) in [5, 5.41) is 23.8. The normalized spacial score (nSPS) is 16.2. The molecule has 2 amide bonds. The number of benzene rings is 1. The van der Waals surface area contributed by atoms with Gasteiger partial charge in [0.15, 0.2) is 5.82 Å². The van der Waals surface area contributed by atoms with Crippen LogP contribution in [0.3, 0.4) is 0 Å². The van der Waals surface area contributed by atoms with Crippen LogP contribution in [-0.2, 0) is 14.4 Å². The van der Waals surface area contributed by atoms with Crippen molar-refractivity contribution in [2.75, 3.05) is 71.9 Å². The maximum absolute atomic E-state index is 14.3. The van der Waals surface area contributed by atoms with Crippen LogP contribution in [0.4, 0.5) is 10.2 Å². The van der Waals surface area contributed by atoms with Crippen molar-refractivity contribution in [2.45, 2.75) is 72.9 Å². The SMILES string of the molecule is CCN(C(=O)c1cc(F)ccc1Oc1nncnc1N1CCC2(C1)CN([C@H](CCCN(C)CC(C)C(=O)N(C)C)C(C)C)C2)C(C)C.O=C(O)/C=C/C(=O)O. The fourth-order valence-electron chi connectivity index (χ4n) is 7.45. The van der Waals surface area contributed by atoms with Gasteiger partial charge in [-0.1, -0.05) is 20.8 Å². The van der Waals surface area contributed by atoms with E-state index in [4.69, 9.17) is 14.9 Å². The van der Waals surface area contributed by atoms with Crippen LogP contribution in [0.25, 0.3) is 0 Å². The van der Waals surface area contributed by atoms with E-state index in [0.717, 1.165) is 58.5 Å². The van der Waals surface area contributed by atoms with Crippen LogP contribution in [0.5, 0.6) is 11.6 Å². The molecule has 16 heteroatoms. The standard InChI is InChI=1S/C35H55FN8O3.C4H4O4/c1-10-44(25(4)5)34(46)28-18-27(36)13-14-30(28)47-32-31(37-23-38-39-32)42-17-15-35(20-42)21-43(22-35)29(24(2)3)12-11-16-41(9)19-26(6)33(45)40(7)8;5-3(6)1-2-4(7)8/h13-14,18,23-26,29H,10-12,15-17,19-22H2,1-9H3;1-2H,(H,5,6)(H,7,8)/b;2-1+/t26?,29-;/m1./s1. The second kappa shape index (κ2) is 20.3. The summed E-state index contributed by atoms with van der Waals surface area (Å²) < 4.78 is 20.5. The predicted molar refractivity (Wildman–Crippen MR) is 207 cm³/mol. The molecule has 2 N–H and O–H groups in total. The molecule has 2 saturated heterocycles. The van der Waals surface area contributed by atoms with E-state index in [9.17, 15) is 23.6 Å². The monoisotopic (exact) mass is 770 g/mol. The van der Waals surface area contributed by atoms with Gasteiger partial charge in [0.1, 0.15) is 17.9 Å². The summed E-state index contributed by atoms with van der Waals surface area (Å²) in [5.74, 6) is -1.60. The zero-order valence-corrected chi connectivity index (χ0v) is 33.7. The van der Waals surface area contributed by atoms with E-state index >= 15 is 0 Å². The molecule has 4 rings (SSSR count). The van der Waals surface area contributed by atoms with Gasteiger partial charge in [0, 0.05) is 88.9 Å². The highest BCUT2D eigenvalue weighted by Gasteiger charge is 2.50. The van der Waals surface area contributed by atoms with Gasteiger partial charge >= 0.3 is 11.9 Å². The van der Waals surface area contributed by atoms with Crippen LogP contribution in [0.15, 0.2) is 36.7 Å². The van der Waals surface area contributed by atoms with Crippen molar-refractivity contribution in [3.05, 3.63) is 48.1 Å². The average Bonchev–Trinajstić information content (AvgIpc) is 3.55. The number of aromatic nitrogens is 3. The lowest BCUT2D eigenvalue weighted by Crippen LogP contribution is -2.62. The Morgan fingerprint density at radius 1 is 1.02 bits per heavy atom. The number of nitrogens with zero attached hydrogens (tertiary/aromatic N) is 8. The molecule has 2 aliphatic heterocycles. The minimum atomic E-state index is -1.26. The minimum Gasteiger partial charge on any atom is -0.478 e. The van der Waals surface area contributed by atoms with Crippen LogP contribution in [0, 0.1) is 23.1 Å². The number of amides is 2. The summed E-state index contributed by atoms with van der Waals surface area (Å²) >= 11 is 0. The lowest BCUT2D eigenvalue weighted by Gasteiger charge is -2.53. The molecule has 2 aliphatic rings. The van der Waals surface area contributed by atoms with Crippen LogP contribution in [-0.4, -0.2) is 148 Å². The highest BCUT2D eigenvalue weighted by molar-refractivity contribution is 5.97. The van der Waals surface area contributed by atoms with E-state index in [1.165, 1.54) is 24.5 Å². The largest absolute Gasteiger partial charge is 0.478 e. The predicted octanol–water partition coefficient (Wildman–Crippen LogP) is 4.36. The minimum absolute atomic E-state index is 0.0102. The van der Waals surface area contributed by atoms with Gasteiger partial charge in [-0.15, -0.1) is 10.2 Å². The summed E-state index contributed by atoms with van der Waals surface area (Å²) in [5.41, 5.74) is 0.316. The number of hydrogen-bond acceptors (Lipinski definition) is 11. The molecule has 3 heterocycles. The maximum Gasteiger partial charge on any atom is 0.328 e. The first-order valence-electron chi connectivity index (χ1n) is 18.9. The molecule has 1 aromatic carbocycles. The summed E-state index contributed by atoms with van der Waals surface area (Å²) in [6, 6.07) is 4.43. The summed E-state index contributed by atoms with van der Waals surface area (Å²) in [4.78, 5) is 59.7. The molecule has 0 aliphatic carbocycles. The third-order valence-electron chi connectivity index (χ3n) is 10.1. The number of aliphatic carboxylic acids is 2. The molecule has 2 fully saturated rings. The van der Waals surface area contributed by atoms with Crippen LogP contribution in [0.2, 0.25) is 0 Å². The third-order valence-corrected chi connectivity index (χ3v) is 10.1. The first-order valence-corrected chi connectivity index (χ1v) is 18.9. The van der Waals surface area contributed by atoms with E-state index in [0.29, 0.717) is 36.5 Å². The number of likely N-dealkylation sites (tertiary alicyclic amines) is 1. The molecule has 2 atom stereocenters. The van der Waals surface area contributed by atoms with E-state index in [2.05, 4.69) is 50.8 Å². The molecule has 0 saturated carbocycles. The molecule has 15 nitrogen and oxygen atoms in total. The fraction of sp³-hybridized carbons (Fsp3) is 0.615. The van der Waals surface area contributed by atoms with Crippen LogP contribution >= 0.6 is 0 Å². The van der Waals surface area contributed by atoms with E-state index in [1.807, 2.05) is 41.8 Å². The Balaban J connectivity index is 0.000000912. The maximum atomic E-state index is 14.3. The molecule has 304 valence electrons. The smallest absolute Gasteiger partial charge is 0.328 e. The summed E-state index contributed by atoms with van der Waals surface area (Å²) in [7, 11) is 5.73. The van der Waals surface area contributed by atoms with Gasteiger partial charge in [0.05, 0.1) is 5.56 Å². The number of carbonyl (C=O) groups excluding carboxylic acids is 2. The molecule has 1 aromatic heterocycles. The number of halogens is 1. The van der Waals surface area contributed by atoms with Crippen molar-refractivity contribution in [3.63, 3.8) is 0 Å². The zero-order chi connectivity index (χ0) is 41.0. The number of carbonyl (C=O) groups is 4. The first-order chi connectivity index (χ1) is 25.9. The fourth-order valence-corrected chi connectivity index (χ4v) is 7.45.